The summed E-state index contributed by atoms with van der Waals surface area (Å²) in [6, 6.07) is 8.54. The second-order valence-electron chi connectivity index (χ2n) is 4.22. The van der Waals surface area contributed by atoms with Crippen LogP contribution in [0.2, 0.25) is 0 Å². The van der Waals surface area contributed by atoms with Crippen LogP contribution in [0.5, 0.6) is 0 Å². The molecule has 0 fully saturated rings. The minimum Gasteiger partial charge on any atom is -0.367 e. The van der Waals surface area contributed by atoms with Gasteiger partial charge in [0, 0.05) is 5.56 Å². The van der Waals surface area contributed by atoms with Gasteiger partial charge in [-0.1, -0.05) is 30.3 Å². The summed E-state index contributed by atoms with van der Waals surface area (Å²) in [4.78, 5) is 23.8. The van der Waals surface area contributed by atoms with Crippen molar-refractivity contribution in [3.63, 3.8) is 0 Å². The van der Waals surface area contributed by atoms with Gasteiger partial charge < -0.3 is 10.4 Å². The summed E-state index contributed by atoms with van der Waals surface area (Å²) in [7, 11) is 0. The minimum absolute atomic E-state index is 0.0289. The van der Waals surface area contributed by atoms with E-state index < -0.39 is 11.6 Å². The lowest BCUT2D eigenvalue weighted by molar-refractivity contribution is -0.119. The molecule has 1 amide bonds. The van der Waals surface area contributed by atoms with E-state index in [1.165, 1.54) is 6.92 Å². The zero-order valence-electron chi connectivity index (χ0n) is 9.65. The van der Waals surface area contributed by atoms with Crippen LogP contribution in [-0.4, -0.2) is 22.5 Å². The van der Waals surface area contributed by atoms with Gasteiger partial charge in [0.2, 0.25) is 0 Å². The topological polar surface area (TPSA) is 66.4 Å². The molecule has 0 radical (unpaired) electrons. The number of hydrogen-bond acceptors (Lipinski definition) is 3. The summed E-state index contributed by atoms with van der Waals surface area (Å²) < 4.78 is 0. The first-order valence-electron chi connectivity index (χ1n) is 5.29. The van der Waals surface area contributed by atoms with Gasteiger partial charge in [-0.3, -0.25) is 9.59 Å². The van der Waals surface area contributed by atoms with Crippen LogP contribution in [0.25, 0.3) is 0 Å². The van der Waals surface area contributed by atoms with Crippen molar-refractivity contribution < 1.29 is 14.7 Å². The molecular weight excluding hydrogens is 218 g/mol. The number of rotatable bonds is 2. The van der Waals surface area contributed by atoms with E-state index in [1.807, 2.05) is 0 Å². The molecule has 1 aliphatic rings. The Morgan fingerprint density at radius 2 is 1.88 bits per heavy atom. The molecule has 1 heterocycles. The highest BCUT2D eigenvalue weighted by Gasteiger charge is 2.40. The summed E-state index contributed by atoms with van der Waals surface area (Å²) >= 11 is 0. The van der Waals surface area contributed by atoms with Crippen molar-refractivity contribution in [2.45, 2.75) is 19.6 Å². The van der Waals surface area contributed by atoms with Crippen LogP contribution in [0.3, 0.4) is 0 Å². The standard InChI is InChI=1S/C13H13NO3/c1-8-10(12(16)14-13(8,2)17)11(15)9-6-4-3-5-7-9/h3-7,17H,1-2H3,(H,14,16). The van der Waals surface area contributed by atoms with Crippen molar-refractivity contribution in [2.24, 2.45) is 0 Å². The number of aliphatic hydroxyl groups is 1. The maximum Gasteiger partial charge on any atom is 0.257 e. The van der Waals surface area contributed by atoms with Gasteiger partial charge in [-0.15, -0.1) is 0 Å². The van der Waals surface area contributed by atoms with Crippen molar-refractivity contribution in [1.29, 1.82) is 0 Å². The molecule has 1 unspecified atom stereocenters. The molecule has 0 aliphatic carbocycles. The number of amides is 1. The van der Waals surface area contributed by atoms with Crippen LogP contribution in [0.15, 0.2) is 41.5 Å². The van der Waals surface area contributed by atoms with Gasteiger partial charge in [-0.25, -0.2) is 0 Å². The molecule has 0 saturated carbocycles. The SMILES string of the molecule is CC1=C(C(=O)c2ccccc2)C(=O)NC1(C)O. The Labute approximate surface area is 99.0 Å². The van der Waals surface area contributed by atoms with Crippen LogP contribution in [0.4, 0.5) is 0 Å². The van der Waals surface area contributed by atoms with Crippen LogP contribution in [0, 0.1) is 0 Å². The molecule has 0 bridgehead atoms. The van der Waals surface area contributed by atoms with Crippen LogP contribution in [-0.2, 0) is 4.79 Å². The lowest BCUT2D eigenvalue weighted by atomic mass is 9.98. The van der Waals surface area contributed by atoms with E-state index in [4.69, 9.17) is 0 Å². The van der Waals surface area contributed by atoms with Gasteiger partial charge in [-0.05, 0) is 19.4 Å². The van der Waals surface area contributed by atoms with E-state index in [-0.39, 0.29) is 11.4 Å². The van der Waals surface area contributed by atoms with Crippen LogP contribution in [0.1, 0.15) is 24.2 Å². The van der Waals surface area contributed by atoms with E-state index in [2.05, 4.69) is 5.32 Å². The summed E-state index contributed by atoms with van der Waals surface area (Å²) in [6.45, 7) is 3.03. The second-order valence-corrected chi connectivity index (χ2v) is 4.22. The first kappa shape index (κ1) is 11.5. The molecule has 1 aromatic carbocycles. The quantitative estimate of drug-likeness (QED) is 0.590. The largest absolute Gasteiger partial charge is 0.367 e. The maximum absolute atomic E-state index is 12.1. The number of benzene rings is 1. The van der Waals surface area contributed by atoms with Gasteiger partial charge in [0.05, 0.1) is 5.57 Å². The number of ketones is 1. The molecule has 1 aromatic rings. The van der Waals surface area contributed by atoms with E-state index in [1.54, 1.807) is 37.3 Å². The zero-order chi connectivity index (χ0) is 12.6. The van der Waals surface area contributed by atoms with Crippen molar-refractivity contribution in [3.8, 4) is 0 Å². The summed E-state index contributed by atoms with van der Waals surface area (Å²) in [5.74, 6) is -0.889. The average molecular weight is 231 g/mol. The predicted molar refractivity (Wildman–Crippen MR) is 62.2 cm³/mol. The van der Waals surface area contributed by atoms with Gasteiger partial charge in [0.25, 0.3) is 5.91 Å². The summed E-state index contributed by atoms with van der Waals surface area (Å²) in [5, 5.41) is 12.2. The Morgan fingerprint density at radius 3 is 2.35 bits per heavy atom. The van der Waals surface area contributed by atoms with E-state index in [0.717, 1.165) is 0 Å². The van der Waals surface area contributed by atoms with E-state index in [0.29, 0.717) is 11.1 Å². The van der Waals surface area contributed by atoms with Crippen LogP contribution >= 0.6 is 0 Å². The highest BCUT2D eigenvalue weighted by atomic mass is 16.3. The second kappa shape index (κ2) is 3.82. The molecule has 0 spiro atoms. The third-order valence-electron chi connectivity index (χ3n) is 2.95. The lowest BCUT2D eigenvalue weighted by Crippen LogP contribution is -2.40. The predicted octanol–water partition coefficient (Wildman–Crippen LogP) is 1.02. The fourth-order valence-electron chi connectivity index (χ4n) is 1.80. The summed E-state index contributed by atoms with van der Waals surface area (Å²) in [6.07, 6.45) is 0. The van der Waals surface area contributed by atoms with Gasteiger partial charge in [0.1, 0.15) is 0 Å². The maximum atomic E-state index is 12.1. The fourth-order valence-corrected chi connectivity index (χ4v) is 1.80. The van der Waals surface area contributed by atoms with Crippen molar-refractivity contribution in [3.05, 3.63) is 47.0 Å². The molecule has 0 aromatic heterocycles. The molecule has 1 aliphatic heterocycles. The lowest BCUT2D eigenvalue weighted by Gasteiger charge is -2.17. The van der Waals surface area contributed by atoms with Crippen molar-refractivity contribution in [1.82, 2.24) is 5.32 Å². The first-order chi connectivity index (χ1) is 7.93. The highest BCUT2D eigenvalue weighted by Crippen LogP contribution is 2.26. The Kier molecular flexibility index (Phi) is 2.59. The zero-order valence-corrected chi connectivity index (χ0v) is 9.65. The van der Waals surface area contributed by atoms with Crippen LogP contribution < -0.4 is 5.32 Å². The normalized spacial score (nSPS) is 23.8. The Hall–Kier alpha value is -1.94. The average Bonchev–Trinajstić information content (AvgIpc) is 2.49. The third-order valence-corrected chi connectivity index (χ3v) is 2.95. The molecule has 1 atom stereocenters. The minimum atomic E-state index is -1.43. The van der Waals surface area contributed by atoms with Gasteiger partial charge in [-0.2, -0.15) is 0 Å². The number of carbonyl (C=O) groups is 2. The van der Waals surface area contributed by atoms with E-state index in [9.17, 15) is 14.7 Å². The molecule has 2 N–H and O–H groups in total. The van der Waals surface area contributed by atoms with Gasteiger partial charge in [0.15, 0.2) is 11.5 Å². The van der Waals surface area contributed by atoms with Crippen molar-refractivity contribution in [2.75, 3.05) is 0 Å². The molecule has 4 heteroatoms. The molecule has 17 heavy (non-hydrogen) atoms. The molecule has 2 rings (SSSR count). The monoisotopic (exact) mass is 231 g/mol. The van der Waals surface area contributed by atoms with E-state index >= 15 is 0 Å². The third kappa shape index (κ3) is 1.87. The molecule has 4 nitrogen and oxygen atoms in total. The Morgan fingerprint density at radius 1 is 1.29 bits per heavy atom. The smallest absolute Gasteiger partial charge is 0.257 e. The number of nitrogens with one attached hydrogen (secondary N) is 1. The summed E-state index contributed by atoms with van der Waals surface area (Å²) in [5.41, 5.74) is -0.608. The Balaban J connectivity index is 2.45. The highest BCUT2D eigenvalue weighted by molar-refractivity contribution is 6.27. The fraction of sp³-hybridized carbons (Fsp3) is 0.231. The Bertz CT molecular complexity index is 515. The molecule has 0 saturated heterocycles. The molecule has 88 valence electrons. The number of Topliss-reactive ketones (excluding diaryl/α,β-unsaturated/α-hetero) is 1. The number of hydrogen-bond donors (Lipinski definition) is 2. The number of carbonyl (C=O) groups excluding carboxylic acids is 2. The molecular formula is C13H13NO3. The first-order valence-corrected chi connectivity index (χ1v) is 5.29. The van der Waals surface area contributed by atoms with Crippen molar-refractivity contribution >= 4 is 11.7 Å². The van der Waals surface area contributed by atoms with Gasteiger partial charge >= 0.3 is 0 Å².